The zero-order chi connectivity index (χ0) is 4.41. The average molecular weight is 161 g/mol. The topological polar surface area (TPSA) is 0 Å². The Labute approximate surface area is 70.3 Å². The minimum absolute atomic E-state index is 0. The Kier molecular flexibility index (Phi) is 4.36. The monoisotopic (exact) mass is 161 g/mol. The molecule has 33 valence electrons. The van der Waals surface area contributed by atoms with Gasteiger partial charge in [-0.15, -0.1) is 0 Å². The molecule has 7 heavy (non-hydrogen) atoms. The van der Waals surface area contributed by atoms with E-state index in [4.69, 9.17) is 0 Å². The van der Waals surface area contributed by atoms with Gasteiger partial charge in [0.25, 0.3) is 0 Å². The summed E-state index contributed by atoms with van der Waals surface area (Å²) in [7, 11) is 0. The molecule has 0 heterocycles. The van der Waals surface area contributed by atoms with Gasteiger partial charge in [-0.2, -0.15) is 0 Å². The van der Waals surface area contributed by atoms with Crippen LogP contribution in [0.25, 0.3) is 0 Å². The summed E-state index contributed by atoms with van der Waals surface area (Å²) in [5, 5.41) is 0. The van der Waals surface area contributed by atoms with E-state index in [9.17, 15) is 0 Å². The first-order valence-electron chi connectivity index (χ1n) is 1.96. The maximum atomic E-state index is 2.17. The van der Waals surface area contributed by atoms with E-state index in [1.165, 1.54) is 0 Å². The molecule has 0 fully saturated rings. The molecule has 1 aliphatic rings. The molecule has 0 saturated heterocycles. The number of hydrogen-bond donors (Lipinski definition) is 0. The summed E-state index contributed by atoms with van der Waals surface area (Å²) in [5.41, 5.74) is 0. The standard InChI is InChI=1S/C5H5.2Ti/c1-2-4-5-3-1;;/h1-5H;;. The average Bonchev–Trinajstić information content (AvgIpc) is 1.86. The minimum atomic E-state index is 0. The van der Waals surface area contributed by atoms with Gasteiger partial charge in [0.1, 0.15) is 0 Å². The van der Waals surface area contributed by atoms with Gasteiger partial charge in [-0.1, -0.05) is 0 Å². The van der Waals surface area contributed by atoms with Gasteiger partial charge in [0.2, 0.25) is 0 Å². The summed E-state index contributed by atoms with van der Waals surface area (Å²) in [5.74, 6) is 0. The first-order chi connectivity index (χ1) is 2.89. The molecular formula is C5H5Ti2. The van der Waals surface area contributed by atoms with E-state index < -0.39 is 0 Å². The third-order valence-corrected chi connectivity index (χ3v) is 1.35. The van der Waals surface area contributed by atoms with E-state index in [1.54, 1.807) is 0 Å². The fraction of sp³-hybridized carbons (Fsp3) is 0.200. The normalized spacial score (nSPS) is 17.0. The second-order valence-electron chi connectivity index (χ2n) is 1.30. The quantitative estimate of drug-likeness (QED) is 0.471. The molecule has 0 spiro atoms. The molecule has 0 amide bonds. The van der Waals surface area contributed by atoms with Crippen LogP contribution in [0.3, 0.4) is 0 Å². The van der Waals surface area contributed by atoms with Gasteiger partial charge in [-0.25, -0.2) is 0 Å². The maximum absolute atomic E-state index is 2.17. The molecule has 0 aromatic rings. The number of allylic oxidation sites excluding steroid dienone is 4. The first-order valence-corrected chi connectivity index (χ1v) is 2.86. The van der Waals surface area contributed by atoms with Crippen LogP contribution in [0.2, 0.25) is 4.22 Å². The van der Waals surface area contributed by atoms with Gasteiger partial charge >= 0.3 is 49.0 Å². The van der Waals surface area contributed by atoms with Gasteiger partial charge in [-0.05, 0) is 0 Å². The molecule has 1 rings (SSSR count). The summed E-state index contributed by atoms with van der Waals surface area (Å²) in [4.78, 5) is 0. The summed E-state index contributed by atoms with van der Waals surface area (Å²) in [6.45, 7) is 0. The van der Waals surface area contributed by atoms with Crippen LogP contribution in [0.1, 0.15) is 0 Å². The fourth-order valence-electron chi connectivity index (χ4n) is 0.432. The number of rotatable bonds is 0. The second kappa shape index (κ2) is 3.86. The molecule has 2 heteroatoms. The van der Waals surface area contributed by atoms with Crippen molar-refractivity contribution in [3.05, 3.63) is 24.3 Å². The van der Waals surface area contributed by atoms with Gasteiger partial charge < -0.3 is 0 Å². The Balaban J connectivity index is 0.000000360. The summed E-state index contributed by atoms with van der Waals surface area (Å²) < 4.78 is 0.685. The molecule has 0 aliphatic heterocycles. The first kappa shape index (κ1) is 7.91. The van der Waals surface area contributed by atoms with E-state index in [2.05, 4.69) is 44.7 Å². The van der Waals surface area contributed by atoms with Gasteiger partial charge in [-0.3, -0.25) is 0 Å². The fourth-order valence-corrected chi connectivity index (χ4v) is 0.779. The summed E-state index contributed by atoms with van der Waals surface area (Å²) >= 11 is 2.17. The van der Waals surface area contributed by atoms with Crippen LogP contribution >= 0.6 is 0 Å². The Morgan fingerprint density at radius 1 is 1.14 bits per heavy atom. The van der Waals surface area contributed by atoms with Crippen molar-refractivity contribution in [1.82, 2.24) is 0 Å². The van der Waals surface area contributed by atoms with Gasteiger partial charge in [0.05, 0.1) is 0 Å². The van der Waals surface area contributed by atoms with Crippen LogP contribution in [0.15, 0.2) is 24.3 Å². The molecule has 0 bridgehead atoms. The van der Waals surface area contributed by atoms with Crippen molar-refractivity contribution >= 4 is 0 Å². The molecule has 0 nitrogen and oxygen atoms in total. The van der Waals surface area contributed by atoms with E-state index >= 15 is 0 Å². The van der Waals surface area contributed by atoms with Crippen molar-refractivity contribution in [2.75, 3.05) is 0 Å². The molecule has 0 aromatic heterocycles. The van der Waals surface area contributed by atoms with Crippen LogP contribution in [-0.4, -0.2) is 0 Å². The summed E-state index contributed by atoms with van der Waals surface area (Å²) in [6, 6.07) is 0. The van der Waals surface area contributed by atoms with Crippen molar-refractivity contribution in [2.24, 2.45) is 0 Å². The third-order valence-electron chi connectivity index (χ3n) is 0.748. The molecule has 1 aliphatic carbocycles. The van der Waals surface area contributed by atoms with Crippen LogP contribution in [0.4, 0.5) is 0 Å². The Morgan fingerprint density at radius 3 is 1.71 bits per heavy atom. The predicted octanol–water partition coefficient (Wildman–Crippen LogP) is 1.45. The van der Waals surface area contributed by atoms with Crippen LogP contribution in [0, 0.1) is 0 Å². The Hall–Kier alpha value is 0.909. The molecule has 0 atom stereocenters. The van der Waals surface area contributed by atoms with Crippen LogP contribution < -0.4 is 0 Å². The van der Waals surface area contributed by atoms with Gasteiger partial charge in [0, 0.05) is 21.7 Å². The van der Waals surface area contributed by atoms with E-state index in [0.29, 0.717) is 4.22 Å². The number of hydrogen-bond acceptors (Lipinski definition) is 0. The van der Waals surface area contributed by atoms with Crippen LogP contribution in [-0.2, 0) is 42.2 Å². The van der Waals surface area contributed by atoms with E-state index in [1.807, 2.05) is 0 Å². The van der Waals surface area contributed by atoms with Crippen molar-refractivity contribution < 1.29 is 42.2 Å². The molecule has 0 saturated carbocycles. The predicted molar refractivity (Wildman–Crippen MR) is 22.0 cm³/mol. The summed E-state index contributed by atoms with van der Waals surface area (Å²) in [6.07, 6.45) is 8.48. The molecular weight excluding hydrogens is 156 g/mol. The van der Waals surface area contributed by atoms with Crippen molar-refractivity contribution in [1.29, 1.82) is 0 Å². The van der Waals surface area contributed by atoms with Gasteiger partial charge in [0.15, 0.2) is 0 Å². The van der Waals surface area contributed by atoms with E-state index in [0.717, 1.165) is 0 Å². The molecule has 0 aromatic carbocycles. The zero-order valence-corrected chi connectivity index (χ0v) is 7.01. The second-order valence-corrected chi connectivity index (χ2v) is 2.34. The van der Waals surface area contributed by atoms with Crippen molar-refractivity contribution in [2.45, 2.75) is 4.22 Å². The molecule has 0 unspecified atom stereocenters. The zero-order valence-electron chi connectivity index (χ0n) is 3.89. The van der Waals surface area contributed by atoms with Crippen molar-refractivity contribution in [3.63, 3.8) is 0 Å². The van der Waals surface area contributed by atoms with E-state index in [-0.39, 0.29) is 21.7 Å². The third kappa shape index (κ3) is 2.66. The Morgan fingerprint density at radius 2 is 1.57 bits per heavy atom. The molecule has 0 N–H and O–H groups in total. The van der Waals surface area contributed by atoms with Crippen LogP contribution in [0.5, 0.6) is 0 Å². The van der Waals surface area contributed by atoms with Crippen molar-refractivity contribution in [3.8, 4) is 0 Å². The molecule has 0 radical (unpaired) electrons. The SMILES string of the molecule is [Ti].[Ti][CH]1C=CC=C1. The Bertz CT molecular complexity index is 82.3.